The lowest BCUT2D eigenvalue weighted by atomic mass is 10.1. The zero-order valence-corrected chi connectivity index (χ0v) is 13.3. The van der Waals surface area contributed by atoms with Crippen molar-refractivity contribution in [2.75, 3.05) is 26.2 Å². The standard InChI is InChI=1S/C15H31N3O/c1-6-9-17(8-3)10-11-18-13(7-2)16-14(12(4)5)15(18)19/h12-14,16H,6-11H2,1-5H3. The Morgan fingerprint density at radius 3 is 2.42 bits per heavy atom. The normalized spacial score (nSPS) is 23.9. The summed E-state index contributed by atoms with van der Waals surface area (Å²) in [4.78, 5) is 16.9. The maximum atomic E-state index is 12.4. The molecule has 4 heteroatoms. The number of carbonyl (C=O) groups is 1. The van der Waals surface area contributed by atoms with Gasteiger partial charge in [0.25, 0.3) is 0 Å². The number of carbonyl (C=O) groups excluding carboxylic acids is 1. The molecule has 0 aromatic heterocycles. The molecule has 0 bridgehead atoms. The Bertz CT molecular complexity index is 281. The van der Waals surface area contributed by atoms with Crippen molar-refractivity contribution in [1.82, 2.24) is 15.1 Å². The number of likely N-dealkylation sites (N-methyl/N-ethyl adjacent to an activating group) is 1. The second-order valence-electron chi connectivity index (χ2n) is 5.78. The van der Waals surface area contributed by atoms with Crippen LogP contribution in [0.25, 0.3) is 0 Å². The molecule has 4 nitrogen and oxygen atoms in total. The molecule has 1 aliphatic heterocycles. The first kappa shape index (κ1) is 16.4. The van der Waals surface area contributed by atoms with Crippen LogP contribution in [-0.4, -0.2) is 54.1 Å². The van der Waals surface area contributed by atoms with Gasteiger partial charge in [-0.3, -0.25) is 10.1 Å². The van der Waals surface area contributed by atoms with Crippen molar-refractivity contribution in [3.05, 3.63) is 0 Å². The fourth-order valence-corrected chi connectivity index (χ4v) is 2.78. The Morgan fingerprint density at radius 2 is 1.95 bits per heavy atom. The van der Waals surface area contributed by atoms with Crippen molar-refractivity contribution in [3.63, 3.8) is 0 Å². The van der Waals surface area contributed by atoms with E-state index in [0.717, 1.165) is 32.6 Å². The van der Waals surface area contributed by atoms with E-state index < -0.39 is 0 Å². The number of nitrogens with zero attached hydrogens (tertiary/aromatic N) is 2. The van der Waals surface area contributed by atoms with Crippen molar-refractivity contribution in [1.29, 1.82) is 0 Å². The maximum absolute atomic E-state index is 12.4. The largest absolute Gasteiger partial charge is 0.325 e. The number of hydrogen-bond donors (Lipinski definition) is 1. The molecule has 0 aromatic rings. The highest BCUT2D eigenvalue weighted by atomic mass is 16.2. The van der Waals surface area contributed by atoms with Crippen LogP contribution in [0.3, 0.4) is 0 Å². The molecule has 1 fully saturated rings. The first-order chi connectivity index (χ1) is 9.04. The third kappa shape index (κ3) is 4.18. The average molecular weight is 269 g/mol. The predicted molar refractivity (Wildman–Crippen MR) is 80.0 cm³/mol. The summed E-state index contributed by atoms with van der Waals surface area (Å²) in [7, 11) is 0. The van der Waals surface area contributed by atoms with Gasteiger partial charge in [0.2, 0.25) is 5.91 Å². The molecule has 0 spiro atoms. The summed E-state index contributed by atoms with van der Waals surface area (Å²) in [6.45, 7) is 14.8. The van der Waals surface area contributed by atoms with Gasteiger partial charge in [0.15, 0.2) is 0 Å². The van der Waals surface area contributed by atoms with Crippen LogP contribution < -0.4 is 5.32 Å². The minimum absolute atomic E-state index is 0.00574. The van der Waals surface area contributed by atoms with Crippen molar-refractivity contribution in [2.45, 2.75) is 59.7 Å². The van der Waals surface area contributed by atoms with Crippen LogP contribution in [0.2, 0.25) is 0 Å². The smallest absolute Gasteiger partial charge is 0.241 e. The molecule has 1 saturated heterocycles. The van der Waals surface area contributed by atoms with Crippen molar-refractivity contribution >= 4 is 5.91 Å². The second kappa shape index (κ2) is 7.85. The molecule has 1 N–H and O–H groups in total. The third-order valence-corrected chi connectivity index (χ3v) is 3.99. The van der Waals surface area contributed by atoms with E-state index in [1.165, 1.54) is 6.42 Å². The lowest BCUT2D eigenvalue weighted by Gasteiger charge is -2.27. The van der Waals surface area contributed by atoms with Gasteiger partial charge in [-0.25, -0.2) is 0 Å². The number of rotatable bonds is 8. The first-order valence-corrected chi connectivity index (χ1v) is 7.83. The van der Waals surface area contributed by atoms with Crippen LogP contribution in [0.1, 0.15) is 47.5 Å². The highest BCUT2D eigenvalue weighted by Gasteiger charge is 2.38. The minimum atomic E-state index is 0.00574. The van der Waals surface area contributed by atoms with Gasteiger partial charge < -0.3 is 9.80 Å². The van der Waals surface area contributed by atoms with Crippen molar-refractivity contribution in [3.8, 4) is 0 Å². The van der Waals surface area contributed by atoms with E-state index in [-0.39, 0.29) is 18.1 Å². The van der Waals surface area contributed by atoms with E-state index in [2.05, 4.69) is 44.8 Å². The van der Waals surface area contributed by atoms with E-state index in [4.69, 9.17) is 0 Å². The number of nitrogens with one attached hydrogen (secondary N) is 1. The highest BCUT2D eigenvalue weighted by molar-refractivity contribution is 5.84. The molecule has 112 valence electrons. The van der Waals surface area contributed by atoms with Crippen molar-refractivity contribution < 1.29 is 4.79 Å². The molecule has 2 atom stereocenters. The fraction of sp³-hybridized carbons (Fsp3) is 0.933. The summed E-state index contributed by atoms with van der Waals surface area (Å²) in [6.07, 6.45) is 2.38. The summed E-state index contributed by atoms with van der Waals surface area (Å²) in [5.41, 5.74) is 0. The summed E-state index contributed by atoms with van der Waals surface area (Å²) in [5, 5.41) is 3.47. The summed E-state index contributed by atoms with van der Waals surface area (Å²) >= 11 is 0. The minimum Gasteiger partial charge on any atom is -0.325 e. The van der Waals surface area contributed by atoms with Gasteiger partial charge in [0.05, 0.1) is 12.2 Å². The Labute approximate surface area is 118 Å². The third-order valence-electron chi connectivity index (χ3n) is 3.99. The van der Waals surface area contributed by atoms with Gasteiger partial charge in [-0.15, -0.1) is 0 Å². The van der Waals surface area contributed by atoms with Crippen LogP contribution in [0.4, 0.5) is 0 Å². The molecule has 19 heavy (non-hydrogen) atoms. The molecule has 1 rings (SSSR count). The van der Waals surface area contributed by atoms with Crippen LogP contribution in [0, 0.1) is 5.92 Å². The van der Waals surface area contributed by atoms with Crippen LogP contribution in [0.5, 0.6) is 0 Å². The molecular formula is C15H31N3O. The summed E-state index contributed by atoms with van der Waals surface area (Å²) in [6, 6.07) is 0.00574. The quantitative estimate of drug-likeness (QED) is 0.731. The Kier molecular flexibility index (Phi) is 6.80. The molecule has 1 heterocycles. The highest BCUT2D eigenvalue weighted by Crippen LogP contribution is 2.18. The van der Waals surface area contributed by atoms with Gasteiger partial charge in [0, 0.05) is 13.1 Å². The van der Waals surface area contributed by atoms with E-state index in [1.807, 2.05) is 4.90 Å². The Hall–Kier alpha value is -0.610. The molecule has 0 aliphatic carbocycles. The molecule has 1 aliphatic rings. The lowest BCUT2D eigenvalue weighted by Crippen LogP contribution is -2.42. The van der Waals surface area contributed by atoms with Gasteiger partial charge >= 0.3 is 0 Å². The zero-order valence-electron chi connectivity index (χ0n) is 13.3. The monoisotopic (exact) mass is 269 g/mol. The Balaban J connectivity index is 2.57. The van der Waals surface area contributed by atoms with E-state index >= 15 is 0 Å². The summed E-state index contributed by atoms with van der Waals surface area (Å²) < 4.78 is 0. The van der Waals surface area contributed by atoms with Gasteiger partial charge in [-0.2, -0.15) is 0 Å². The van der Waals surface area contributed by atoms with Gasteiger partial charge in [-0.05, 0) is 31.8 Å². The molecule has 2 unspecified atom stereocenters. The molecule has 0 aromatic carbocycles. The van der Waals surface area contributed by atoms with Crippen LogP contribution in [0.15, 0.2) is 0 Å². The molecule has 1 amide bonds. The van der Waals surface area contributed by atoms with Crippen LogP contribution in [-0.2, 0) is 4.79 Å². The van der Waals surface area contributed by atoms with Gasteiger partial charge in [-0.1, -0.05) is 34.6 Å². The summed E-state index contributed by atoms with van der Waals surface area (Å²) in [5.74, 6) is 0.652. The Morgan fingerprint density at radius 1 is 1.26 bits per heavy atom. The molecule has 0 saturated carbocycles. The zero-order chi connectivity index (χ0) is 14.4. The van der Waals surface area contributed by atoms with E-state index in [1.54, 1.807) is 0 Å². The lowest BCUT2D eigenvalue weighted by molar-refractivity contribution is -0.131. The first-order valence-electron chi connectivity index (χ1n) is 7.83. The second-order valence-corrected chi connectivity index (χ2v) is 5.78. The van der Waals surface area contributed by atoms with Gasteiger partial charge in [0.1, 0.15) is 0 Å². The topological polar surface area (TPSA) is 35.6 Å². The average Bonchev–Trinajstić information content (AvgIpc) is 2.71. The predicted octanol–water partition coefficient (Wildman–Crippen LogP) is 1.91. The fourth-order valence-electron chi connectivity index (χ4n) is 2.78. The molecular weight excluding hydrogens is 238 g/mol. The molecule has 0 radical (unpaired) electrons. The number of amides is 1. The maximum Gasteiger partial charge on any atom is 0.241 e. The van der Waals surface area contributed by atoms with E-state index in [9.17, 15) is 4.79 Å². The SMILES string of the molecule is CCCN(CC)CCN1C(=O)C(C(C)C)NC1CC. The van der Waals surface area contributed by atoms with Crippen molar-refractivity contribution in [2.24, 2.45) is 5.92 Å². The number of hydrogen-bond acceptors (Lipinski definition) is 3. The van der Waals surface area contributed by atoms with Crippen LogP contribution >= 0.6 is 0 Å². The van der Waals surface area contributed by atoms with E-state index in [0.29, 0.717) is 5.92 Å².